The third-order valence-electron chi connectivity index (χ3n) is 4.00. The number of pyridine rings is 1. The van der Waals surface area contributed by atoms with Gasteiger partial charge < -0.3 is 19.5 Å². The molecule has 0 bridgehead atoms. The summed E-state index contributed by atoms with van der Waals surface area (Å²) < 4.78 is 18.1. The number of ether oxygens (including phenoxy) is 3. The number of hydrogen-bond acceptors (Lipinski definition) is 6. The molecule has 1 N–H and O–H groups in total. The van der Waals surface area contributed by atoms with E-state index in [1.165, 1.54) is 0 Å². The standard InChI is InChI=1S/C19H18N4O4/c1-12-8-13(2)23(22-12)10-18(24)21-15-4-3-7-20-19(15)27-14-5-6-16-17(9-14)26-11-25-16/h3-9H,10-11H2,1-2H3,(H,21,24). The predicted molar refractivity (Wildman–Crippen MR) is 97.2 cm³/mol. The number of hydrogen-bond donors (Lipinski definition) is 1. The topological polar surface area (TPSA) is 87.5 Å². The van der Waals surface area contributed by atoms with Crippen LogP contribution >= 0.6 is 0 Å². The number of fused-ring (bicyclic) bond motifs is 1. The van der Waals surface area contributed by atoms with E-state index in [1.54, 1.807) is 41.2 Å². The molecule has 0 radical (unpaired) electrons. The summed E-state index contributed by atoms with van der Waals surface area (Å²) >= 11 is 0. The predicted octanol–water partition coefficient (Wildman–Crippen LogP) is 3.05. The Morgan fingerprint density at radius 3 is 2.89 bits per heavy atom. The van der Waals surface area contributed by atoms with Crippen molar-refractivity contribution >= 4 is 11.6 Å². The summed E-state index contributed by atoms with van der Waals surface area (Å²) in [7, 11) is 0. The Morgan fingerprint density at radius 2 is 2.07 bits per heavy atom. The molecule has 1 aliphatic rings. The van der Waals surface area contributed by atoms with E-state index in [9.17, 15) is 4.79 Å². The van der Waals surface area contributed by atoms with Gasteiger partial charge in [-0.05, 0) is 44.2 Å². The van der Waals surface area contributed by atoms with E-state index in [-0.39, 0.29) is 25.1 Å². The van der Waals surface area contributed by atoms with Crippen LogP contribution in [-0.4, -0.2) is 27.5 Å². The minimum absolute atomic E-state index is 0.109. The molecular weight excluding hydrogens is 348 g/mol. The lowest BCUT2D eigenvalue weighted by molar-refractivity contribution is -0.117. The first-order valence-electron chi connectivity index (χ1n) is 8.42. The molecule has 4 rings (SSSR count). The van der Waals surface area contributed by atoms with Gasteiger partial charge in [-0.15, -0.1) is 0 Å². The highest BCUT2D eigenvalue weighted by Crippen LogP contribution is 2.37. The Balaban J connectivity index is 1.49. The molecule has 8 nitrogen and oxygen atoms in total. The maximum atomic E-state index is 12.4. The number of amides is 1. The van der Waals surface area contributed by atoms with E-state index in [2.05, 4.69) is 15.4 Å². The Kier molecular flexibility index (Phi) is 4.37. The monoisotopic (exact) mass is 366 g/mol. The van der Waals surface area contributed by atoms with Crippen LogP contribution in [0.4, 0.5) is 5.69 Å². The second-order valence-electron chi connectivity index (χ2n) is 6.11. The average molecular weight is 366 g/mol. The molecule has 27 heavy (non-hydrogen) atoms. The first kappa shape index (κ1) is 16.9. The van der Waals surface area contributed by atoms with E-state index < -0.39 is 0 Å². The molecule has 1 aliphatic heterocycles. The van der Waals surface area contributed by atoms with E-state index in [0.29, 0.717) is 22.9 Å². The van der Waals surface area contributed by atoms with Gasteiger partial charge in [0.05, 0.1) is 5.69 Å². The van der Waals surface area contributed by atoms with Crippen LogP contribution in [0.5, 0.6) is 23.1 Å². The number of nitrogens with zero attached hydrogens (tertiary/aromatic N) is 3. The van der Waals surface area contributed by atoms with Crippen molar-refractivity contribution in [2.45, 2.75) is 20.4 Å². The molecule has 3 heterocycles. The van der Waals surface area contributed by atoms with Crippen LogP contribution in [0.1, 0.15) is 11.4 Å². The van der Waals surface area contributed by atoms with Gasteiger partial charge in [-0.1, -0.05) is 0 Å². The van der Waals surface area contributed by atoms with Crippen LogP contribution in [0.15, 0.2) is 42.6 Å². The number of aromatic nitrogens is 3. The molecule has 3 aromatic rings. The van der Waals surface area contributed by atoms with Gasteiger partial charge in [0.2, 0.25) is 18.6 Å². The van der Waals surface area contributed by atoms with E-state index in [4.69, 9.17) is 14.2 Å². The Labute approximate surface area is 155 Å². The zero-order valence-electron chi connectivity index (χ0n) is 14.9. The molecule has 0 fully saturated rings. The fourth-order valence-corrected chi connectivity index (χ4v) is 2.78. The van der Waals surface area contributed by atoms with Crippen LogP contribution in [0.25, 0.3) is 0 Å². The highest BCUT2D eigenvalue weighted by molar-refractivity contribution is 5.91. The largest absolute Gasteiger partial charge is 0.454 e. The first-order chi connectivity index (χ1) is 13.1. The number of rotatable bonds is 5. The minimum Gasteiger partial charge on any atom is -0.454 e. The van der Waals surface area contributed by atoms with Crippen LogP contribution in [-0.2, 0) is 11.3 Å². The molecule has 0 saturated carbocycles. The van der Waals surface area contributed by atoms with Crippen molar-refractivity contribution in [1.29, 1.82) is 0 Å². The second kappa shape index (κ2) is 6.99. The molecule has 1 amide bonds. The SMILES string of the molecule is Cc1cc(C)n(CC(=O)Nc2cccnc2Oc2ccc3c(c2)OCO3)n1. The van der Waals surface area contributed by atoms with E-state index in [1.807, 2.05) is 19.9 Å². The van der Waals surface area contributed by atoms with Gasteiger partial charge in [-0.3, -0.25) is 9.48 Å². The van der Waals surface area contributed by atoms with Crippen molar-refractivity contribution in [2.24, 2.45) is 0 Å². The Morgan fingerprint density at radius 1 is 1.22 bits per heavy atom. The fourth-order valence-electron chi connectivity index (χ4n) is 2.78. The summed E-state index contributed by atoms with van der Waals surface area (Å²) in [4.78, 5) is 16.6. The third kappa shape index (κ3) is 3.69. The fraction of sp³-hybridized carbons (Fsp3) is 0.211. The highest BCUT2D eigenvalue weighted by atomic mass is 16.7. The molecule has 0 atom stereocenters. The van der Waals surface area contributed by atoms with E-state index >= 15 is 0 Å². The lowest BCUT2D eigenvalue weighted by atomic mass is 10.3. The lowest BCUT2D eigenvalue weighted by Crippen LogP contribution is -2.20. The molecular formula is C19H18N4O4. The number of aryl methyl sites for hydroxylation is 2. The molecule has 0 spiro atoms. The number of carbonyl (C=O) groups excluding carboxylic acids is 1. The van der Waals surface area contributed by atoms with Gasteiger partial charge in [0.25, 0.3) is 0 Å². The third-order valence-corrected chi connectivity index (χ3v) is 4.00. The highest BCUT2D eigenvalue weighted by Gasteiger charge is 2.16. The van der Waals surface area contributed by atoms with Gasteiger partial charge in [0.1, 0.15) is 18.0 Å². The molecule has 0 saturated heterocycles. The summed E-state index contributed by atoms with van der Waals surface area (Å²) in [6.07, 6.45) is 1.60. The van der Waals surface area contributed by atoms with Crippen molar-refractivity contribution in [2.75, 3.05) is 12.1 Å². The van der Waals surface area contributed by atoms with Gasteiger partial charge in [0, 0.05) is 18.0 Å². The van der Waals surface area contributed by atoms with Crippen molar-refractivity contribution in [1.82, 2.24) is 14.8 Å². The molecule has 8 heteroatoms. The van der Waals surface area contributed by atoms with Gasteiger partial charge in [0.15, 0.2) is 11.5 Å². The Bertz CT molecular complexity index is 999. The van der Waals surface area contributed by atoms with Gasteiger partial charge >= 0.3 is 0 Å². The van der Waals surface area contributed by atoms with Crippen molar-refractivity contribution in [3.8, 4) is 23.1 Å². The zero-order valence-corrected chi connectivity index (χ0v) is 14.9. The van der Waals surface area contributed by atoms with Crippen molar-refractivity contribution in [3.05, 3.63) is 54.0 Å². The number of anilines is 1. The average Bonchev–Trinajstić information content (AvgIpc) is 3.22. The molecule has 2 aromatic heterocycles. The Hall–Kier alpha value is -3.55. The van der Waals surface area contributed by atoms with E-state index in [0.717, 1.165) is 11.4 Å². The van der Waals surface area contributed by atoms with Crippen molar-refractivity contribution < 1.29 is 19.0 Å². The summed E-state index contributed by atoms with van der Waals surface area (Å²) in [5, 5.41) is 7.12. The van der Waals surface area contributed by atoms with Crippen molar-refractivity contribution in [3.63, 3.8) is 0 Å². The van der Waals surface area contributed by atoms with Gasteiger partial charge in [-0.25, -0.2) is 4.98 Å². The minimum atomic E-state index is -0.218. The molecule has 0 aliphatic carbocycles. The number of nitrogens with one attached hydrogen (secondary N) is 1. The maximum Gasteiger partial charge on any atom is 0.246 e. The molecule has 0 unspecified atom stereocenters. The summed E-state index contributed by atoms with van der Waals surface area (Å²) in [5.74, 6) is 1.88. The quantitative estimate of drug-likeness (QED) is 0.747. The number of benzene rings is 1. The zero-order chi connectivity index (χ0) is 18.8. The maximum absolute atomic E-state index is 12.4. The van der Waals surface area contributed by atoms with Crippen LogP contribution in [0.2, 0.25) is 0 Å². The smallest absolute Gasteiger partial charge is 0.246 e. The summed E-state index contributed by atoms with van der Waals surface area (Å²) in [5.41, 5.74) is 2.26. The summed E-state index contributed by atoms with van der Waals surface area (Å²) in [6.45, 7) is 4.10. The lowest BCUT2D eigenvalue weighted by Gasteiger charge is -2.12. The van der Waals surface area contributed by atoms with Crippen LogP contribution < -0.4 is 19.5 Å². The molecule has 138 valence electrons. The number of carbonyl (C=O) groups is 1. The van der Waals surface area contributed by atoms with Crippen LogP contribution in [0.3, 0.4) is 0 Å². The van der Waals surface area contributed by atoms with Crippen LogP contribution in [0, 0.1) is 13.8 Å². The normalized spacial score (nSPS) is 12.1. The first-order valence-corrected chi connectivity index (χ1v) is 8.42. The molecule has 1 aromatic carbocycles. The van der Waals surface area contributed by atoms with Gasteiger partial charge in [-0.2, -0.15) is 5.10 Å². The second-order valence-corrected chi connectivity index (χ2v) is 6.11. The summed E-state index contributed by atoms with van der Waals surface area (Å²) in [6, 6.07) is 10.6.